The maximum Gasteiger partial charge on any atom is 0.257 e. The van der Waals surface area contributed by atoms with Gasteiger partial charge in [-0.3, -0.25) is 9.59 Å². The first-order valence-corrected chi connectivity index (χ1v) is 10.6. The van der Waals surface area contributed by atoms with Crippen molar-refractivity contribution in [3.05, 3.63) is 75.7 Å². The molecule has 3 rings (SSSR count). The minimum Gasteiger partial charge on any atom is -0.325 e. The molecule has 0 unspecified atom stereocenters. The summed E-state index contributed by atoms with van der Waals surface area (Å²) in [6.45, 7) is 6.24. The van der Waals surface area contributed by atoms with E-state index in [2.05, 4.69) is 36.4 Å². The summed E-state index contributed by atoms with van der Waals surface area (Å²) in [6.07, 6.45) is 1.12. The third-order valence-electron chi connectivity index (χ3n) is 4.47. The Hall–Kier alpha value is -2.99. The van der Waals surface area contributed by atoms with Gasteiger partial charge in [0.15, 0.2) is 0 Å². The number of rotatable bonds is 7. The van der Waals surface area contributed by atoms with Crippen molar-refractivity contribution >= 4 is 34.5 Å². The zero-order valence-corrected chi connectivity index (χ0v) is 17.7. The standard InChI is InChI=1S/C23H25N3O2S/c1-4-16-9-11-17(12-10-16)24-22(28)19-7-5-6-8-20(19)26-21(27)13-18-14-29-23(25-18)15(2)3/h5-12,14-15H,4,13H2,1-3H3,(H,24,28)(H,26,27). The minimum absolute atomic E-state index is 0.178. The van der Waals surface area contributed by atoms with Gasteiger partial charge >= 0.3 is 0 Å². The second-order valence-corrected chi connectivity index (χ2v) is 8.00. The lowest BCUT2D eigenvalue weighted by Gasteiger charge is -2.11. The molecule has 0 aliphatic heterocycles. The number of nitrogens with one attached hydrogen (secondary N) is 2. The van der Waals surface area contributed by atoms with E-state index in [1.165, 1.54) is 5.56 Å². The fourth-order valence-electron chi connectivity index (χ4n) is 2.84. The Morgan fingerprint density at radius 1 is 1.03 bits per heavy atom. The van der Waals surface area contributed by atoms with Crippen LogP contribution in [0.5, 0.6) is 0 Å². The summed E-state index contributed by atoms with van der Waals surface area (Å²) in [5, 5.41) is 8.66. The van der Waals surface area contributed by atoms with Crippen molar-refractivity contribution in [3.63, 3.8) is 0 Å². The molecule has 150 valence electrons. The molecule has 3 aromatic rings. The van der Waals surface area contributed by atoms with E-state index in [-0.39, 0.29) is 18.2 Å². The van der Waals surface area contributed by atoms with Crippen LogP contribution < -0.4 is 10.6 Å². The maximum atomic E-state index is 12.7. The van der Waals surface area contributed by atoms with Gasteiger partial charge in [-0.05, 0) is 36.2 Å². The Labute approximate surface area is 175 Å². The van der Waals surface area contributed by atoms with E-state index >= 15 is 0 Å². The van der Waals surface area contributed by atoms with Crippen LogP contribution in [0.15, 0.2) is 53.9 Å². The fourth-order valence-corrected chi connectivity index (χ4v) is 3.68. The molecule has 5 nitrogen and oxygen atoms in total. The first-order valence-electron chi connectivity index (χ1n) is 9.69. The van der Waals surface area contributed by atoms with Gasteiger partial charge in [-0.1, -0.05) is 45.0 Å². The molecule has 2 N–H and O–H groups in total. The lowest BCUT2D eigenvalue weighted by Crippen LogP contribution is -2.19. The van der Waals surface area contributed by atoms with Crippen molar-refractivity contribution in [3.8, 4) is 0 Å². The highest BCUT2D eigenvalue weighted by atomic mass is 32.1. The van der Waals surface area contributed by atoms with Crippen molar-refractivity contribution in [1.29, 1.82) is 0 Å². The van der Waals surface area contributed by atoms with Gasteiger partial charge in [0.05, 0.1) is 28.4 Å². The molecule has 0 bridgehead atoms. The van der Waals surface area contributed by atoms with Crippen LogP contribution in [-0.2, 0) is 17.6 Å². The lowest BCUT2D eigenvalue weighted by molar-refractivity contribution is -0.115. The molecule has 0 spiro atoms. The molecule has 6 heteroatoms. The monoisotopic (exact) mass is 407 g/mol. The van der Waals surface area contributed by atoms with Gasteiger partial charge in [-0.15, -0.1) is 11.3 Å². The summed E-state index contributed by atoms with van der Waals surface area (Å²) >= 11 is 1.56. The Balaban J connectivity index is 1.68. The molecular formula is C23H25N3O2S. The summed E-state index contributed by atoms with van der Waals surface area (Å²) in [5.41, 5.74) is 3.57. The van der Waals surface area contributed by atoms with Crippen molar-refractivity contribution in [2.75, 3.05) is 10.6 Å². The van der Waals surface area contributed by atoms with Gasteiger partial charge in [0.25, 0.3) is 5.91 Å². The first kappa shape index (κ1) is 20.7. The number of benzene rings is 2. The third-order valence-corrected chi connectivity index (χ3v) is 5.67. The zero-order chi connectivity index (χ0) is 20.8. The van der Waals surface area contributed by atoms with Crippen LogP contribution in [0.3, 0.4) is 0 Å². The molecular weight excluding hydrogens is 382 g/mol. The average Bonchev–Trinajstić information content (AvgIpc) is 3.17. The molecule has 0 radical (unpaired) electrons. The molecule has 0 atom stereocenters. The number of amides is 2. The second-order valence-electron chi connectivity index (χ2n) is 7.11. The number of hydrogen-bond acceptors (Lipinski definition) is 4. The van der Waals surface area contributed by atoms with E-state index in [0.29, 0.717) is 17.2 Å². The van der Waals surface area contributed by atoms with Gasteiger partial charge in [-0.2, -0.15) is 0 Å². The second kappa shape index (κ2) is 9.47. The van der Waals surface area contributed by atoms with E-state index in [0.717, 1.165) is 22.8 Å². The number of nitrogens with zero attached hydrogens (tertiary/aromatic N) is 1. The van der Waals surface area contributed by atoms with E-state index in [1.54, 1.807) is 35.6 Å². The molecule has 0 aliphatic rings. The molecule has 0 aliphatic carbocycles. The predicted molar refractivity (Wildman–Crippen MR) is 119 cm³/mol. The third kappa shape index (κ3) is 5.51. The van der Waals surface area contributed by atoms with Crippen LogP contribution in [0.1, 0.15) is 53.3 Å². The SMILES string of the molecule is CCc1ccc(NC(=O)c2ccccc2NC(=O)Cc2csc(C(C)C)n2)cc1. The van der Waals surface area contributed by atoms with Crippen LogP contribution in [0.4, 0.5) is 11.4 Å². The number of anilines is 2. The molecule has 1 aromatic heterocycles. The Bertz CT molecular complexity index is 993. The number of carbonyl (C=O) groups is 2. The normalized spacial score (nSPS) is 10.8. The Kier molecular flexibility index (Phi) is 6.77. The predicted octanol–water partition coefficient (Wildman–Crippen LogP) is 5.26. The first-order chi connectivity index (χ1) is 14.0. The Morgan fingerprint density at radius 3 is 2.41 bits per heavy atom. The number of carbonyl (C=O) groups excluding carboxylic acids is 2. The molecule has 2 aromatic carbocycles. The van der Waals surface area contributed by atoms with E-state index in [1.807, 2.05) is 29.6 Å². The summed E-state index contributed by atoms with van der Waals surface area (Å²) in [7, 11) is 0. The highest BCUT2D eigenvalue weighted by Crippen LogP contribution is 2.21. The van der Waals surface area contributed by atoms with Gasteiger partial charge in [0.1, 0.15) is 0 Å². The van der Waals surface area contributed by atoms with Gasteiger partial charge in [0.2, 0.25) is 5.91 Å². The van der Waals surface area contributed by atoms with Crippen molar-refractivity contribution in [1.82, 2.24) is 4.98 Å². The van der Waals surface area contributed by atoms with E-state index in [9.17, 15) is 9.59 Å². The highest BCUT2D eigenvalue weighted by molar-refractivity contribution is 7.09. The van der Waals surface area contributed by atoms with Crippen LogP contribution >= 0.6 is 11.3 Å². The maximum absolute atomic E-state index is 12.7. The number of hydrogen-bond donors (Lipinski definition) is 2. The van der Waals surface area contributed by atoms with Crippen molar-refractivity contribution < 1.29 is 9.59 Å². The molecule has 29 heavy (non-hydrogen) atoms. The zero-order valence-electron chi connectivity index (χ0n) is 16.9. The summed E-state index contributed by atoms with van der Waals surface area (Å²) in [5.74, 6) is -0.119. The number of aromatic nitrogens is 1. The lowest BCUT2D eigenvalue weighted by atomic mass is 10.1. The van der Waals surface area contributed by atoms with E-state index in [4.69, 9.17) is 0 Å². The topological polar surface area (TPSA) is 71.1 Å². The van der Waals surface area contributed by atoms with Crippen LogP contribution in [0.2, 0.25) is 0 Å². The highest BCUT2D eigenvalue weighted by Gasteiger charge is 2.15. The average molecular weight is 408 g/mol. The molecule has 1 heterocycles. The molecule has 2 amide bonds. The van der Waals surface area contributed by atoms with Gasteiger partial charge in [-0.25, -0.2) is 4.98 Å². The summed E-state index contributed by atoms with van der Waals surface area (Å²) < 4.78 is 0. The van der Waals surface area contributed by atoms with Gasteiger partial charge in [0, 0.05) is 17.0 Å². The smallest absolute Gasteiger partial charge is 0.257 e. The van der Waals surface area contributed by atoms with Crippen molar-refractivity contribution in [2.45, 2.75) is 39.5 Å². The summed E-state index contributed by atoms with van der Waals surface area (Å²) in [6, 6.07) is 14.7. The van der Waals surface area contributed by atoms with E-state index < -0.39 is 0 Å². The van der Waals surface area contributed by atoms with Crippen LogP contribution in [-0.4, -0.2) is 16.8 Å². The van der Waals surface area contributed by atoms with Crippen LogP contribution in [0.25, 0.3) is 0 Å². The summed E-state index contributed by atoms with van der Waals surface area (Å²) in [4.78, 5) is 29.7. The quantitative estimate of drug-likeness (QED) is 0.561. The minimum atomic E-state index is -0.263. The number of para-hydroxylation sites is 1. The Morgan fingerprint density at radius 2 is 1.76 bits per heavy atom. The number of aryl methyl sites for hydroxylation is 1. The fraction of sp³-hybridized carbons (Fsp3) is 0.261. The molecule has 0 saturated carbocycles. The van der Waals surface area contributed by atoms with Crippen molar-refractivity contribution in [2.24, 2.45) is 0 Å². The van der Waals surface area contributed by atoms with Crippen LogP contribution in [0, 0.1) is 0 Å². The molecule has 0 fully saturated rings. The van der Waals surface area contributed by atoms with Gasteiger partial charge < -0.3 is 10.6 Å². The largest absolute Gasteiger partial charge is 0.325 e. The molecule has 0 saturated heterocycles. The number of thiazole rings is 1.